The second-order valence-electron chi connectivity index (χ2n) is 6.73. The summed E-state index contributed by atoms with van der Waals surface area (Å²) in [5.74, 6) is 0.274. The van der Waals surface area contributed by atoms with E-state index in [4.69, 9.17) is 17.3 Å². The Labute approximate surface area is 189 Å². The maximum Gasteiger partial charge on any atom is 0.223 e. The fraction of sp³-hybridized carbons (Fsp3) is 0.350. The molecule has 10 heteroatoms. The molecule has 1 saturated heterocycles. The number of aromatic nitrogens is 2. The third-order valence-corrected chi connectivity index (χ3v) is 6.22. The van der Waals surface area contributed by atoms with Gasteiger partial charge in [0.1, 0.15) is 0 Å². The SMILES string of the molecule is CC(=O)Nc1nc(CCl)cs1.Nc1nc(CN2CCN(c3ccccc3)CC2)cs1. The number of carbonyl (C=O) groups excluding carboxylic acids is 1. The number of hydrogen-bond donors (Lipinski definition) is 2. The highest BCUT2D eigenvalue weighted by molar-refractivity contribution is 7.14. The molecule has 1 fully saturated rings. The van der Waals surface area contributed by atoms with E-state index in [1.54, 1.807) is 0 Å². The fourth-order valence-electron chi connectivity index (χ4n) is 3.00. The van der Waals surface area contributed by atoms with Gasteiger partial charge in [0.05, 0.1) is 17.3 Å². The van der Waals surface area contributed by atoms with Gasteiger partial charge in [0.15, 0.2) is 10.3 Å². The van der Waals surface area contributed by atoms with Crippen LogP contribution in [0.3, 0.4) is 0 Å². The molecular formula is C20H25ClN6OS2. The average Bonchev–Trinajstić information content (AvgIpc) is 3.38. The van der Waals surface area contributed by atoms with Crippen LogP contribution in [0.15, 0.2) is 41.1 Å². The van der Waals surface area contributed by atoms with E-state index in [0.29, 0.717) is 16.1 Å². The number of nitrogens with zero attached hydrogens (tertiary/aromatic N) is 4. The summed E-state index contributed by atoms with van der Waals surface area (Å²) in [4.78, 5) is 23.8. The predicted molar refractivity (Wildman–Crippen MR) is 126 cm³/mol. The number of hydrogen-bond acceptors (Lipinski definition) is 8. The summed E-state index contributed by atoms with van der Waals surface area (Å²) < 4.78 is 0. The number of anilines is 3. The molecule has 1 aliphatic rings. The molecule has 4 rings (SSSR count). The van der Waals surface area contributed by atoms with Crippen molar-refractivity contribution >= 4 is 56.1 Å². The van der Waals surface area contributed by atoms with Crippen LogP contribution in [0.2, 0.25) is 0 Å². The zero-order valence-electron chi connectivity index (χ0n) is 16.8. The normalized spacial score (nSPS) is 14.1. The number of para-hydroxylation sites is 1. The van der Waals surface area contributed by atoms with E-state index in [1.807, 2.05) is 5.38 Å². The van der Waals surface area contributed by atoms with E-state index in [9.17, 15) is 4.79 Å². The molecule has 0 spiro atoms. The van der Waals surface area contributed by atoms with E-state index in [-0.39, 0.29) is 5.91 Å². The number of halogens is 1. The molecule has 0 unspecified atom stereocenters. The van der Waals surface area contributed by atoms with Gasteiger partial charge < -0.3 is 16.0 Å². The number of nitrogens with one attached hydrogen (secondary N) is 1. The molecule has 0 bridgehead atoms. The number of nitrogen functional groups attached to an aromatic ring is 1. The molecule has 3 aromatic rings. The number of amides is 1. The van der Waals surface area contributed by atoms with E-state index in [1.165, 1.54) is 35.3 Å². The van der Waals surface area contributed by atoms with Crippen molar-refractivity contribution in [3.63, 3.8) is 0 Å². The lowest BCUT2D eigenvalue weighted by Crippen LogP contribution is -2.46. The lowest BCUT2D eigenvalue weighted by atomic mass is 10.2. The molecule has 3 heterocycles. The van der Waals surface area contributed by atoms with Gasteiger partial charge in [-0.3, -0.25) is 9.69 Å². The Morgan fingerprint density at radius 3 is 2.37 bits per heavy atom. The van der Waals surface area contributed by atoms with Gasteiger partial charge in [0, 0.05) is 56.1 Å². The summed E-state index contributed by atoms with van der Waals surface area (Å²) >= 11 is 8.40. The van der Waals surface area contributed by atoms with Gasteiger partial charge in [-0.15, -0.1) is 34.3 Å². The fourth-order valence-corrected chi connectivity index (χ4v) is 4.54. The van der Waals surface area contributed by atoms with Gasteiger partial charge in [0.2, 0.25) is 5.91 Å². The molecule has 0 aliphatic carbocycles. The van der Waals surface area contributed by atoms with Gasteiger partial charge >= 0.3 is 0 Å². The zero-order valence-corrected chi connectivity index (χ0v) is 19.1. The maximum atomic E-state index is 10.5. The van der Waals surface area contributed by atoms with Crippen LogP contribution >= 0.6 is 34.3 Å². The number of alkyl halides is 1. The van der Waals surface area contributed by atoms with E-state index >= 15 is 0 Å². The first kappa shape index (κ1) is 22.5. The first-order valence-electron chi connectivity index (χ1n) is 9.53. The van der Waals surface area contributed by atoms with Crippen LogP contribution in [-0.2, 0) is 17.2 Å². The van der Waals surface area contributed by atoms with Crippen LogP contribution < -0.4 is 16.0 Å². The van der Waals surface area contributed by atoms with Gasteiger partial charge in [0.25, 0.3) is 0 Å². The number of piperazine rings is 1. The van der Waals surface area contributed by atoms with Crippen LogP contribution in [-0.4, -0.2) is 47.0 Å². The van der Waals surface area contributed by atoms with E-state index in [0.717, 1.165) is 44.1 Å². The summed E-state index contributed by atoms with van der Waals surface area (Å²) in [5, 5.41) is 7.71. The average molecular weight is 465 g/mol. The number of benzene rings is 1. The summed E-state index contributed by atoms with van der Waals surface area (Å²) in [6.07, 6.45) is 0. The van der Waals surface area contributed by atoms with Gasteiger partial charge in [-0.1, -0.05) is 18.2 Å². The van der Waals surface area contributed by atoms with Crippen LogP contribution in [0, 0.1) is 0 Å². The molecule has 0 saturated carbocycles. The Kier molecular flexibility index (Phi) is 8.44. The highest BCUT2D eigenvalue weighted by Gasteiger charge is 2.17. The van der Waals surface area contributed by atoms with Crippen molar-refractivity contribution in [3.05, 3.63) is 52.5 Å². The van der Waals surface area contributed by atoms with Gasteiger partial charge in [-0.25, -0.2) is 9.97 Å². The highest BCUT2D eigenvalue weighted by atomic mass is 35.5. The highest BCUT2D eigenvalue weighted by Crippen LogP contribution is 2.18. The summed E-state index contributed by atoms with van der Waals surface area (Å²) in [5.41, 5.74) is 8.87. The van der Waals surface area contributed by atoms with Gasteiger partial charge in [-0.2, -0.15) is 0 Å². The van der Waals surface area contributed by atoms with E-state index < -0.39 is 0 Å². The van der Waals surface area contributed by atoms with E-state index in [2.05, 4.69) is 60.8 Å². The molecule has 160 valence electrons. The van der Waals surface area contributed by atoms with Crippen LogP contribution in [0.25, 0.3) is 0 Å². The van der Waals surface area contributed by atoms with Crippen LogP contribution in [0.5, 0.6) is 0 Å². The first-order chi connectivity index (χ1) is 14.5. The number of carbonyl (C=O) groups is 1. The zero-order chi connectivity index (χ0) is 21.3. The minimum atomic E-state index is -0.111. The molecule has 0 radical (unpaired) electrons. The second-order valence-corrected chi connectivity index (χ2v) is 8.75. The third-order valence-electron chi connectivity index (χ3n) is 4.42. The Morgan fingerprint density at radius 2 is 1.80 bits per heavy atom. The van der Waals surface area contributed by atoms with Gasteiger partial charge in [-0.05, 0) is 12.1 Å². The van der Waals surface area contributed by atoms with Crippen molar-refractivity contribution in [2.45, 2.75) is 19.3 Å². The molecular weight excluding hydrogens is 440 g/mol. The first-order valence-corrected chi connectivity index (χ1v) is 11.8. The monoisotopic (exact) mass is 464 g/mol. The molecule has 1 aromatic carbocycles. The quantitative estimate of drug-likeness (QED) is 0.557. The summed E-state index contributed by atoms with van der Waals surface area (Å²) in [7, 11) is 0. The Morgan fingerprint density at radius 1 is 1.10 bits per heavy atom. The van der Waals surface area contributed by atoms with Crippen molar-refractivity contribution in [1.82, 2.24) is 14.9 Å². The van der Waals surface area contributed by atoms with Crippen molar-refractivity contribution in [2.75, 3.05) is 42.1 Å². The predicted octanol–water partition coefficient (Wildman–Crippen LogP) is 3.89. The number of thiazole rings is 2. The number of nitrogens with two attached hydrogens (primary N) is 1. The minimum Gasteiger partial charge on any atom is -0.375 e. The maximum absolute atomic E-state index is 10.5. The second kappa shape index (κ2) is 11.3. The van der Waals surface area contributed by atoms with Crippen molar-refractivity contribution in [1.29, 1.82) is 0 Å². The lowest BCUT2D eigenvalue weighted by molar-refractivity contribution is -0.114. The molecule has 0 atom stereocenters. The van der Waals surface area contributed by atoms with Crippen molar-refractivity contribution in [3.8, 4) is 0 Å². The molecule has 7 nitrogen and oxygen atoms in total. The molecule has 1 aliphatic heterocycles. The van der Waals surface area contributed by atoms with Crippen molar-refractivity contribution < 1.29 is 4.79 Å². The largest absolute Gasteiger partial charge is 0.375 e. The van der Waals surface area contributed by atoms with Crippen LogP contribution in [0.1, 0.15) is 18.3 Å². The molecule has 30 heavy (non-hydrogen) atoms. The summed E-state index contributed by atoms with van der Waals surface area (Å²) in [6, 6.07) is 10.6. The van der Waals surface area contributed by atoms with Crippen LogP contribution in [0.4, 0.5) is 16.0 Å². The lowest BCUT2D eigenvalue weighted by Gasteiger charge is -2.35. The summed E-state index contributed by atoms with van der Waals surface area (Å²) in [6.45, 7) is 6.66. The topological polar surface area (TPSA) is 87.4 Å². The number of rotatable bonds is 5. The minimum absolute atomic E-state index is 0.111. The molecule has 2 aromatic heterocycles. The molecule has 3 N–H and O–H groups in total. The Balaban J connectivity index is 0.000000199. The molecule has 1 amide bonds. The van der Waals surface area contributed by atoms with Crippen molar-refractivity contribution in [2.24, 2.45) is 0 Å². The smallest absolute Gasteiger partial charge is 0.223 e. The standard InChI is InChI=1S/C14H18N4S.C6H7ClN2OS/c15-14-16-12(11-19-14)10-17-6-8-18(9-7-17)13-4-2-1-3-5-13;1-4(10)8-6-9-5(2-7)3-11-6/h1-5,11H,6-10H2,(H2,15,16);3H,2H2,1H3,(H,8,9,10). The third kappa shape index (κ3) is 6.94. The Bertz CT molecular complexity index is 924. The Hall–Kier alpha value is -2.20.